The molecule has 2 heterocycles. The number of aromatic nitrogens is 5. The summed E-state index contributed by atoms with van der Waals surface area (Å²) < 4.78 is 29.6. The van der Waals surface area contributed by atoms with Gasteiger partial charge in [-0.15, -0.1) is 0 Å². The van der Waals surface area contributed by atoms with Crippen LogP contribution in [0, 0.1) is 0 Å². The van der Waals surface area contributed by atoms with Crippen LogP contribution in [-0.4, -0.2) is 33.2 Å². The molecule has 142 valence electrons. The van der Waals surface area contributed by atoms with Crippen molar-refractivity contribution in [2.24, 2.45) is 7.05 Å². The standard InChI is InChI=1S/C18H17N7O2S/c1-25-16(20-12-21-25)11-19-17-18(23-15-10-6-5-9-14(15)22-17)24-28(26,27)13-7-3-2-4-8-13/h2-10,12H,11H2,1H3,(H,19,22)(H,23,24). The van der Waals surface area contributed by atoms with Gasteiger partial charge in [-0.1, -0.05) is 30.3 Å². The fourth-order valence-electron chi connectivity index (χ4n) is 2.62. The van der Waals surface area contributed by atoms with Crippen LogP contribution in [0.1, 0.15) is 5.82 Å². The lowest BCUT2D eigenvalue weighted by atomic mass is 10.3. The fraction of sp³-hybridized carbons (Fsp3) is 0.111. The molecule has 0 atom stereocenters. The van der Waals surface area contributed by atoms with Crippen LogP contribution in [-0.2, 0) is 23.6 Å². The average Bonchev–Trinajstić information content (AvgIpc) is 3.11. The van der Waals surface area contributed by atoms with E-state index >= 15 is 0 Å². The summed E-state index contributed by atoms with van der Waals surface area (Å²) >= 11 is 0. The lowest BCUT2D eigenvalue weighted by molar-refractivity contribution is 0.601. The van der Waals surface area contributed by atoms with Gasteiger partial charge in [0, 0.05) is 7.05 Å². The lowest BCUT2D eigenvalue weighted by Gasteiger charge is -2.13. The van der Waals surface area contributed by atoms with Gasteiger partial charge >= 0.3 is 0 Å². The quantitative estimate of drug-likeness (QED) is 0.514. The van der Waals surface area contributed by atoms with E-state index in [0.717, 1.165) is 0 Å². The fourth-order valence-corrected chi connectivity index (χ4v) is 3.65. The molecule has 0 bridgehead atoms. The molecule has 0 amide bonds. The number of sulfonamides is 1. The van der Waals surface area contributed by atoms with Crippen LogP contribution < -0.4 is 10.0 Å². The number of aryl methyl sites for hydroxylation is 1. The SMILES string of the molecule is Cn1ncnc1CNc1nc2ccccc2nc1NS(=O)(=O)c1ccccc1. The summed E-state index contributed by atoms with van der Waals surface area (Å²) in [6.45, 7) is 0.309. The number of nitrogens with one attached hydrogen (secondary N) is 2. The second-order valence-electron chi connectivity index (χ2n) is 5.98. The van der Waals surface area contributed by atoms with Gasteiger partial charge in [-0.2, -0.15) is 5.10 Å². The van der Waals surface area contributed by atoms with Gasteiger partial charge in [-0.3, -0.25) is 9.40 Å². The van der Waals surface area contributed by atoms with Crippen molar-refractivity contribution < 1.29 is 8.42 Å². The van der Waals surface area contributed by atoms with Gasteiger partial charge in [0.15, 0.2) is 11.6 Å². The Morgan fingerprint density at radius 2 is 1.57 bits per heavy atom. The molecule has 0 radical (unpaired) electrons. The van der Waals surface area contributed by atoms with Gasteiger partial charge in [-0.05, 0) is 24.3 Å². The van der Waals surface area contributed by atoms with E-state index in [2.05, 4.69) is 30.1 Å². The molecule has 0 aliphatic carbocycles. The molecule has 2 aromatic heterocycles. The van der Waals surface area contributed by atoms with Crippen LogP contribution in [0.4, 0.5) is 11.6 Å². The Kier molecular flexibility index (Phi) is 4.62. The van der Waals surface area contributed by atoms with Crippen molar-refractivity contribution in [2.75, 3.05) is 10.0 Å². The van der Waals surface area contributed by atoms with Crippen molar-refractivity contribution in [1.82, 2.24) is 24.7 Å². The molecule has 9 nitrogen and oxygen atoms in total. The summed E-state index contributed by atoms with van der Waals surface area (Å²) in [4.78, 5) is 13.3. The highest BCUT2D eigenvalue weighted by Gasteiger charge is 2.18. The van der Waals surface area contributed by atoms with E-state index in [1.54, 1.807) is 36.0 Å². The minimum Gasteiger partial charge on any atom is -0.360 e. The Morgan fingerprint density at radius 3 is 2.21 bits per heavy atom. The molecule has 0 unspecified atom stereocenters. The summed E-state index contributed by atoms with van der Waals surface area (Å²) in [6.07, 6.45) is 1.45. The number of benzene rings is 2. The first-order valence-electron chi connectivity index (χ1n) is 8.44. The first-order valence-corrected chi connectivity index (χ1v) is 9.93. The zero-order valence-electron chi connectivity index (χ0n) is 14.9. The number of hydrogen-bond acceptors (Lipinski definition) is 7. The van der Waals surface area contributed by atoms with Crippen molar-refractivity contribution in [2.45, 2.75) is 11.4 Å². The van der Waals surface area contributed by atoms with Crippen molar-refractivity contribution >= 4 is 32.7 Å². The monoisotopic (exact) mass is 395 g/mol. The maximum Gasteiger partial charge on any atom is 0.263 e. The third kappa shape index (κ3) is 3.62. The van der Waals surface area contributed by atoms with E-state index in [4.69, 9.17) is 0 Å². The molecule has 2 N–H and O–H groups in total. The minimum absolute atomic E-state index is 0.115. The Morgan fingerprint density at radius 1 is 0.929 bits per heavy atom. The van der Waals surface area contributed by atoms with Crippen molar-refractivity contribution in [3.63, 3.8) is 0 Å². The van der Waals surface area contributed by atoms with Crippen LogP contribution in [0.3, 0.4) is 0 Å². The highest BCUT2D eigenvalue weighted by Crippen LogP contribution is 2.24. The molecule has 10 heteroatoms. The van der Waals surface area contributed by atoms with Gasteiger partial charge in [0.25, 0.3) is 10.0 Å². The van der Waals surface area contributed by atoms with Crippen LogP contribution in [0.2, 0.25) is 0 Å². The van der Waals surface area contributed by atoms with Crippen molar-refractivity contribution in [3.05, 3.63) is 66.7 Å². The summed E-state index contributed by atoms with van der Waals surface area (Å²) in [5.74, 6) is 1.10. The molecule has 28 heavy (non-hydrogen) atoms. The number of hydrogen-bond donors (Lipinski definition) is 2. The van der Waals surface area contributed by atoms with Gasteiger partial charge in [0.2, 0.25) is 0 Å². The van der Waals surface area contributed by atoms with E-state index in [-0.39, 0.29) is 10.7 Å². The first kappa shape index (κ1) is 17.9. The normalized spacial score (nSPS) is 11.5. The Bertz CT molecular complexity index is 1220. The summed E-state index contributed by atoms with van der Waals surface area (Å²) in [6, 6.07) is 15.4. The van der Waals surface area contributed by atoms with Gasteiger partial charge < -0.3 is 5.32 Å². The maximum absolute atomic E-state index is 12.7. The van der Waals surface area contributed by atoms with Gasteiger partial charge in [0.05, 0.1) is 22.5 Å². The molecule has 0 aliphatic heterocycles. The number of rotatable bonds is 6. The second kappa shape index (κ2) is 7.24. The average molecular weight is 395 g/mol. The zero-order chi connectivity index (χ0) is 19.6. The minimum atomic E-state index is -3.81. The van der Waals surface area contributed by atoms with Crippen LogP contribution >= 0.6 is 0 Å². The number of fused-ring (bicyclic) bond motifs is 1. The molecule has 4 rings (SSSR count). The Labute approximate surface area is 161 Å². The topological polar surface area (TPSA) is 115 Å². The number of nitrogens with zero attached hydrogens (tertiary/aromatic N) is 5. The lowest BCUT2D eigenvalue weighted by Crippen LogP contribution is -2.17. The summed E-state index contributed by atoms with van der Waals surface area (Å²) in [5.41, 5.74) is 1.23. The molecule has 0 fully saturated rings. The van der Waals surface area contributed by atoms with Crippen molar-refractivity contribution in [3.8, 4) is 0 Å². The largest absolute Gasteiger partial charge is 0.360 e. The predicted octanol–water partition coefficient (Wildman–Crippen LogP) is 2.17. The van der Waals surface area contributed by atoms with Gasteiger partial charge in [0.1, 0.15) is 12.2 Å². The molecular weight excluding hydrogens is 378 g/mol. The van der Waals surface area contributed by atoms with E-state index in [1.807, 2.05) is 18.2 Å². The molecular formula is C18H17N7O2S. The predicted molar refractivity (Wildman–Crippen MR) is 105 cm³/mol. The second-order valence-corrected chi connectivity index (χ2v) is 7.66. The summed E-state index contributed by atoms with van der Waals surface area (Å²) in [5, 5.41) is 7.12. The Balaban J connectivity index is 1.72. The first-order chi connectivity index (χ1) is 13.5. The van der Waals surface area contributed by atoms with E-state index in [0.29, 0.717) is 29.2 Å². The maximum atomic E-state index is 12.7. The van der Waals surface area contributed by atoms with E-state index in [9.17, 15) is 8.42 Å². The highest BCUT2D eigenvalue weighted by molar-refractivity contribution is 7.92. The molecule has 0 aliphatic rings. The number of para-hydroxylation sites is 2. The van der Waals surface area contributed by atoms with Crippen LogP contribution in [0.5, 0.6) is 0 Å². The van der Waals surface area contributed by atoms with E-state index < -0.39 is 10.0 Å². The van der Waals surface area contributed by atoms with Crippen LogP contribution in [0.15, 0.2) is 65.8 Å². The van der Waals surface area contributed by atoms with Crippen molar-refractivity contribution in [1.29, 1.82) is 0 Å². The van der Waals surface area contributed by atoms with E-state index in [1.165, 1.54) is 18.5 Å². The van der Waals surface area contributed by atoms with Crippen LogP contribution in [0.25, 0.3) is 11.0 Å². The molecule has 0 saturated carbocycles. The highest BCUT2D eigenvalue weighted by atomic mass is 32.2. The van der Waals surface area contributed by atoms with Gasteiger partial charge in [-0.25, -0.2) is 23.4 Å². The Hall–Kier alpha value is -3.53. The third-order valence-corrected chi connectivity index (χ3v) is 5.43. The third-order valence-electron chi connectivity index (χ3n) is 4.07. The smallest absolute Gasteiger partial charge is 0.263 e. The number of anilines is 2. The molecule has 2 aromatic carbocycles. The zero-order valence-corrected chi connectivity index (χ0v) is 15.8. The molecule has 0 saturated heterocycles. The molecule has 0 spiro atoms. The summed E-state index contributed by atoms with van der Waals surface area (Å²) in [7, 11) is -2.04. The molecule has 4 aromatic rings.